The highest BCUT2D eigenvalue weighted by atomic mass is 16.3. The Morgan fingerprint density at radius 1 is 1.24 bits per heavy atom. The molecule has 2 aliphatic rings. The summed E-state index contributed by atoms with van der Waals surface area (Å²) < 4.78 is 0. The maximum absolute atomic E-state index is 12.9. The summed E-state index contributed by atoms with van der Waals surface area (Å²) in [5.41, 5.74) is 4.75. The Labute approximate surface area is 147 Å². The number of aromatic nitrogens is 1. The summed E-state index contributed by atoms with van der Waals surface area (Å²) >= 11 is 0. The molecule has 0 radical (unpaired) electrons. The molecule has 3 rings (SSSR count). The van der Waals surface area contributed by atoms with Crippen LogP contribution in [0.3, 0.4) is 0 Å². The number of primary amides is 1. The molecule has 0 aromatic carbocycles. The predicted octanol–water partition coefficient (Wildman–Crippen LogP) is 0.914. The van der Waals surface area contributed by atoms with Crippen LogP contribution in [0.1, 0.15) is 48.9 Å². The first-order valence-corrected chi connectivity index (χ1v) is 8.98. The third-order valence-corrected chi connectivity index (χ3v) is 5.10. The number of hydrogen-bond acceptors (Lipinski definition) is 5. The highest BCUT2D eigenvalue weighted by Gasteiger charge is 2.35. The van der Waals surface area contributed by atoms with Crippen molar-refractivity contribution in [2.45, 2.75) is 44.1 Å². The molecule has 0 bridgehead atoms. The quantitative estimate of drug-likeness (QED) is 0.826. The zero-order valence-electron chi connectivity index (χ0n) is 14.5. The second-order valence-electron chi connectivity index (χ2n) is 7.12. The molecule has 1 aromatic rings. The summed E-state index contributed by atoms with van der Waals surface area (Å²) in [6.07, 6.45) is 5.70. The van der Waals surface area contributed by atoms with Crippen molar-refractivity contribution in [2.75, 3.05) is 31.1 Å². The fourth-order valence-electron chi connectivity index (χ4n) is 3.70. The fourth-order valence-corrected chi connectivity index (χ4v) is 3.70. The van der Waals surface area contributed by atoms with Gasteiger partial charge in [0.05, 0.1) is 5.60 Å². The summed E-state index contributed by atoms with van der Waals surface area (Å²) in [5, 5.41) is 10.7. The van der Waals surface area contributed by atoms with E-state index in [2.05, 4.69) is 9.88 Å². The number of β-amino-alcohol motifs (C(OH)–C–C–N with tert-alkyl or cyclic N) is 1. The molecule has 7 heteroatoms. The van der Waals surface area contributed by atoms with Gasteiger partial charge in [-0.2, -0.15) is 0 Å². The first-order valence-electron chi connectivity index (χ1n) is 8.98. The van der Waals surface area contributed by atoms with E-state index in [1.807, 2.05) is 6.07 Å². The number of nitrogens with two attached hydrogens (primary N) is 1. The number of carbonyl (C=O) groups is 2. The standard InChI is InChI=1S/C18H26N4O3/c19-15(23)4-7-18(25)6-3-11-22(13-18)17(24)14-5-8-20-16(12-14)21-9-1-2-10-21/h5,8,12,25H,1-4,6-7,9-11,13H2,(H2,19,23). The second kappa shape index (κ2) is 7.39. The summed E-state index contributed by atoms with van der Waals surface area (Å²) in [5.74, 6) is 0.311. The first-order chi connectivity index (χ1) is 12.0. The van der Waals surface area contributed by atoms with Gasteiger partial charge in [0.1, 0.15) is 5.82 Å². The molecular weight excluding hydrogens is 320 g/mol. The van der Waals surface area contributed by atoms with Crippen LogP contribution in [0.5, 0.6) is 0 Å². The summed E-state index contributed by atoms with van der Waals surface area (Å²) in [4.78, 5) is 32.1. The number of piperidine rings is 1. The van der Waals surface area contributed by atoms with Crippen molar-refractivity contribution in [3.63, 3.8) is 0 Å². The van der Waals surface area contributed by atoms with Gasteiger partial charge < -0.3 is 20.6 Å². The fraction of sp³-hybridized carbons (Fsp3) is 0.611. The Morgan fingerprint density at radius 3 is 2.72 bits per heavy atom. The van der Waals surface area contributed by atoms with Gasteiger partial charge in [-0.3, -0.25) is 9.59 Å². The van der Waals surface area contributed by atoms with Crippen molar-refractivity contribution in [2.24, 2.45) is 5.73 Å². The normalized spacial score (nSPS) is 23.7. The molecule has 2 amide bonds. The van der Waals surface area contributed by atoms with Gasteiger partial charge in [0.15, 0.2) is 0 Å². The van der Waals surface area contributed by atoms with Crippen molar-refractivity contribution in [3.8, 4) is 0 Å². The number of hydrogen-bond donors (Lipinski definition) is 2. The lowest BCUT2D eigenvalue weighted by molar-refractivity contribution is -0.120. The zero-order chi connectivity index (χ0) is 17.9. The third kappa shape index (κ3) is 4.28. The Balaban J connectivity index is 1.69. The minimum absolute atomic E-state index is 0.0972. The van der Waals surface area contributed by atoms with Gasteiger partial charge in [0.25, 0.3) is 5.91 Å². The molecule has 1 unspecified atom stereocenters. The molecule has 2 fully saturated rings. The number of amides is 2. The largest absolute Gasteiger partial charge is 0.388 e. The molecule has 3 N–H and O–H groups in total. The average molecular weight is 346 g/mol. The molecule has 0 saturated carbocycles. The SMILES string of the molecule is NC(=O)CCC1(O)CCCN(C(=O)c2ccnc(N3CCCC3)c2)C1. The maximum atomic E-state index is 12.9. The predicted molar refractivity (Wildman–Crippen MR) is 94.2 cm³/mol. The van der Waals surface area contributed by atoms with Crippen molar-refractivity contribution in [1.29, 1.82) is 0 Å². The summed E-state index contributed by atoms with van der Waals surface area (Å²) in [6.45, 7) is 2.79. The van der Waals surface area contributed by atoms with Crippen LogP contribution < -0.4 is 10.6 Å². The van der Waals surface area contributed by atoms with E-state index in [4.69, 9.17) is 5.73 Å². The van der Waals surface area contributed by atoms with Crippen molar-refractivity contribution >= 4 is 17.6 Å². The van der Waals surface area contributed by atoms with Gasteiger partial charge >= 0.3 is 0 Å². The van der Waals surface area contributed by atoms with Gasteiger partial charge in [0.2, 0.25) is 5.91 Å². The lowest BCUT2D eigenvalue weighted by Crippen LogP contribution is -2.50. The molecule has 1 aromatic heterocycles. The topological polar surface area (TPSA) is 99.8 Å². The smallest absolute Gasteiger partial charge is 0.254 e. The van der Waals surface area contributed by atoms with Gasteiger partial charge in [-0.25, -0.2) is 4.98 Å². The highest BCUT2D eigenvalue weighted by Crippen LogP contribution is 2.27. The van der Waals surface area contributed by atoms with E-state index in [1.54, 1.807) is 17.2 Å². The number of pyridine rings is 1. The highest BCUT2D eigenvalue weighted by molar-refractivity contribution is 5.95. The van der Waals surface area contributed by atoms with Crippen molar-refractivity contribution in [3.05, 3.63) is 23.9 Å². The molecule has 7 nitrogen and oxygen atoms in total. The minimum atomic E-state index is -1.03. The van der Waals surface area contributed by atoms with Crippen molar-refractivity contribution in [1.82, 2.24) is 9.88 Å². The van der Waals surface area contributed by atoms with Crippen LogP contribution in [-0.2, 0) is 4.79 Å². The Bertz CT molecular complexity index is 645. The molecule has 136 valence electrons. The Kier molecular flexibility index (Phi) is 5.22. The second-order valence-corrected chi connectivity index (χ2v) is 7.12. The van der Waals surface area contributed by atoms with Crippen LogP contribution >= 0.6 is 0 Å². The number of rotatable bonds is 5. The van der Waals surface area contributed by atoms with Crippen LogP contribution in [0.2, 0.25) is 0 Å². The molecule has 2 aliphatic heterocycles. The summed E-state index contributed by atoms with van der Waals surface area (Å²) in [6, 6.07) is 3.56. The van der Waals surface area contributed by atoms with Gasteiger partial charge in [-0.15, -0.1) is 0 Å². The van der Waals surface area contributed by atoms with Crippen LogP contribution in [0.25, 0.3) is 0 Å². The van der Waals surface area contributed by atoms with Crippen LogP contribution in [-0.4, -0.2) is 58.6 Å². The monoisotopic (exact) mass is 346 g/mol. The van der Waals surface area contributed by atoms with E-state index in [0.29, 0.717) is 31.4 Å². The number of likely N-dealkylation sites (tertiary alicyclic amines) is 1. The Hall–Kier alpha value is -2.15. The number of nitrogens with zero attached hydrogens (tertiary/aromatic N) is 3. The van der Waals surface area contributed by atoms with Gasteiger partial charge in [0, 0.05) is 44.4 Å². The molecule has 25 heavy (non-hydrogen) atoms. The first kappa shape index (κ1) is 17.7. The molecule has 2 saturated heterocycles. The van der Waals surface area contributed by atoms with Gasteiger partial charge in [-0.05, 0) is 44.2 Å². The molecule has 0 spiro atoms. The molecule has 3 heterocycles. The lowest BCUT2D eigenvalue weighted by atomic mass is 9.88. The van der Waals surface area contributed by atoms with E-state index in [9.17, 15) is 14.7 Å². The number of carbonyl (C=O) groups excluding carboxylic acids is 2. The molecular formula is C18H26N4O3. The van der Waals surface area contributed by atoms with Crippen LogP contribution in [0.4, 0.5) is 5.82 Å². The van der Waals surface area contributed by atoms with E-state index < -0.39 is 11.5 Å². The van der Waals surface area contributed by atoms with E-state index >= 15 is 0 Å². The minimum Gasteiger partial charge on any atom is -0.388 e. The average Bonchev–Trinajstić information content (AvgIpc) is 3.14. The number of anilines is 1. The van der Waals surface area contributed by atoms with Crippen molar-refractivity contribution < 1.29 is 14.7 Å². The van der Waals surface area contributed by atoms with Crippen LogP contribution in [0, 0.1) is 0 Å². The van der Waals surface area contributed by atoms with E-state index in [0.717, 1.165) is 31.7 Å². The zero-order valence-corrected chi connectivity index (χ0v) is 14.5. The van der Waals surface area contributed by atoms with E-state index in [1.165, 1.54) is 0 Å². The number of aliphatic hydroxyl groups is 1. The van der Waals surface area contributed by atoms with Gasteiger partial charge in [-0.1, -0.05) is 0 Å². The van der Waals surface area contributed by atoms with Crippen LogP contribution in [0.15, 0.2) is 18.3 Å². The third-order valence-electron chi connectivity index (χ3n) is 5.10. The maximum Gasteiger partial charge on any atom is 0.254 e. The molecule has 0 aliphatic carbocycles. The lowest BCUT2D eigenvalue weighted by Gasteiger charge is -2.39. The summed E-state index contributed by atoms with van der Waals surface area (Å²) in [7, 11) is 0. The Morgan fingerprint density at radius 2 is 2.00 bits per heavy atom. The molecule has 1 atom stereocenters. The van der Waals surface area contributed by atoms with E-state index in [-0.39, 0.29) is 18.9 Å².